The maximum absolute atomic E-state index is 5.28. The molecule has 0 atom stereocenters. The highest BCUT2D eigenvalue weighted by atomic mass is 79.9. The first-order valence-corrected chi connectivity index (χ1v) is 7.15. The average Bonchev–Trinajstić information content (AvgIpc) is 2.42. The van der Waals surface area contributed by atoms with E-state index in [0.717, 1.165) is 10.2 Å². The van der Waals surface area contributed by atoms with Crippen LogP contribution in [0.4, 0.5) is 17.5 Å². The number of nitrogens with zero attached hydrogens (tertiary/aromatic N) is 2. The Morgan fingerprint density at radius 3 is 2.61 bits per heavy atom. The lowest BCUT2D eigenvalue weighted by Crippen LogP contribution is -2.11. The van der Waals surface area contributed by atoms with Gasteiger partial charge in [-0.2, -0.15) is 4.98 Å². The third kappa shape index (κ3) is 3.12. The van der Waals surface area contributed by atoms with Crippen molar-refractivity contribution >= 4 is 45.1 Å². The van der Waals surface area contributed by atoms with E-state index in [0.29, 0.717) is 11.8 Å². The second kappa shape index (κ2) is 6.03. The number of benzene rings is 1. The van der Waals surface area contributed by atoms with Crippen molar-refractivity contribution in [1.29, 1.82) is 0 Å². The summed E-state index contributed by atoms with van der Waals surface area (Å²) in [6.45, 7) is 0. The van der Waals surface area contributed by atoms with E-state index in [2.05, 4.69) is 36.6 Å². The van der Waals surface area contributed by atoms with E-state index >= 15 is 0 Å². The number of hydrogen-bond donors (Lipinski definition) is 3. The van der Waals surface area contributed by atoms with E-state index < -0.39 is 0 Å². The summed E-state index contributed by atoms with van der Waals surface area (Å²) in [5.74, 6) is 6.30. The Balaban J connectivity index is 2.21. The van der Waals surface area contributed by atoms with Gasteiger partial charge in [0.15, 0.2) is 0 Å². The fourth-order valence-electron chi connectivity index (χ4n) is 1.34. The van der Waals surface area contributed by atoms with Crippen LogP contribution >= 0.6 is 27.7 Å². The van der Waals surface area contributed by atoms with Gasteiger partial charge in [0.25, 0.3) is 0 Å². The lowest BCUT2D eigenvalue weighted by molar-refractivity contribution is 1.11. The smallest absolute Gasteiger partial charge is 0.239 e. The quantitative estimate of drug-likeness (QED) is 0.456. The van der Waals surface area contributed by atoms with Crippen molar-refractivity contribution in [3.63, 3.8) is 0 Å². The van der Waals surface area contributed by atoms with Gasteiger partial charge < -0.3 is 5.32 Å². The van der Waals surface area contributed by atoms with E-state index in [1.54, 1.807) is 18.0 Å². The van der Waals surface area contributed by atoms with Crippen LogP contribution in [0, 0.1) is 0 Å². The number of nitrogens with one attached hydrogen (secondary N) is 2. The molecular formula is C11H12BrN5S. The Kier molecular flexibility index (Phi) is 4.40. The van der Waals surface area contributed by atoms with Crippen molar-refractivity contribution in [3.05, 3.63) is 34.9 Å². The summed E-state index contributed by atoms with van der Waals surface area (Å²) in [6, 6.07) is 8.08. The molecule has 1 aromatic carbocycles. The molecule has 0 bridgehead atoms. The van der Waals surface area contributed by atoms with Gasteiger partial charge in [-0.25, -0.2) is 10.8 Å². The van der Waals surface area contributed by atoms with Crippen LogP contribution in [0.5, 0.6) is 0 Å². The first kappa shape index (κ1) is 13.1. The van der Waals surface area contributed by atoms with Crippen molar-refractivity contribution in [2.45, 2.75) is 4.90 Å². The molecule has 0 fully saturated rings. The molecule has 4 N–H and O–H groups in total. The summed E-state index contributed by atoms with van der Waals surface area (Å²) in [6.07, 6.45) is 3.68. The van der Waals surface area contributed by atoms with Gasteiger partial charge >= 0.3 is 0 Å². The van der Waals surface area contributed by atoms with Crippen molar-refractivity contribution in [2.75, 3.05) is 17.0 Å². The highest BCUT2D eigenvalue weighted by molar-refractivity contribution is 9.10. The third-order valence-electron chi connectivity index (χ3n) is 2.23. The number of anilines is 3. The fourth-order valence-corrected chi connectivity index (χ4v) is 2.03. The van der Waals surface area contributed by atoms with E-state index in [1.807, 2.05) is 30.5 Å². The zero-order valence-corrected chi connectivity index (χ0v) is 12.0. The lowest BCUT2D eigenvalue weighted by atomic mass is 10.3. The maximum atomic E-state index is 5.28. The van der Waals surface area contributed by atoms with Crippen LogP contribution in [0.25, 0.3) is 0 Å². The topological polar surface area (TPSA) is 75.9 Å². The lowest BCUT2D eigenvalue weighted by Gasteiger charge is -2.09. The molecule has 94 valence electrons. The van der Waals surface area contributed by atoms with Crippen molar-refractivity contribution < 1.29 is 0 Å². The number of hydrazine groups is 1. The molecule has 0 saturated carbocycles. The van der Waals surface area contributed by atoms with Crippen LogP contribution in [0.1, 0.15) is 0 Å². The SMILES string of the molecule is CSc1ccc(Nc2nc(NN)ncc2Br)cc1. The summed E-state index contributed by atoms with van der Waals surface area (Å²) < 4.78 is 0.774. The van der Waals surface area contributed by atoms with Crippen molar-refractivity contribution in [2.24, 2.45) is 5.84 Å². The molecule has 0 aliphatic carbocycles. The molecule has 7 heteroatoms. The molecule has 0 unspecified atom stereocenters. The number of nitrogen functional groups attached to an aromatic ring is 1. The minimum atomic E-state index is 0.362. The molecule has 0 saturated heterocycles. The molecule has 5 nitrogen and oxygen atoms in total. The van der Waals surface area contributed by atoms with Crippen molar-refractivity contribution in [1.82, 2.24) is 9.97 Å². The predicted molar refractivity (Wildman–Crippen MR) is 79.0 cm³/mol. The predicted octanol–water partition coefficient (Wildman–Crippen LogP) is 2.99. The average molecular weight is 326 g/mol. The number of aromatic nitrogens is 2. The van der Waals surface area contributed by atoms with Gasteiger partial charge in [-0.1, -0.05) is 0 Å². The maximum Gasteiger partial charge on any atom is 0.239 e. The van der Waals surface area contributed by atoms with Crippen molar-refractivity contribution in [3.8, 4) is 0 Å². The number of hydrogen-bond acceptors (Lipinski definition) is 6. The molecule has 1 aromatic heterocycles. The van der Waals surface area contributed by atoms with Gasteiger partial charge in [-0.15, -0.1) is 11.8 Å². The Morgan fingerprint density at radius 1 is 1.28 bits per heavy atom. The fraction of sp³-hybridized carbons (Fsp3) is 0.0909. The molecule has 0 aliphatic heterocycles. The Labute approximate surface area is 118 Å². The Hall–Kier alpha value is -1.31. The highest BCUT2D eigenvalue weighted by Gasteiger charge is 2.04. The van der Waals surface area contributed by atoms with Gasteiger partial charge in [0.05, 0.1) is 4.47 Å². The van der Waals surface area contributed by atoms with Gasteiger partial charge in [0.1, 0.15) is 5.82 Å². The summed E-state index contributed by atoms with van der Waals surface area (Å²) >= 11 is 5.09. The summed E-state index contributed by atoms with van der Waals surface area (Å²) in [4.78, 5) is 9.42. The molecule has 0 radical (unpaired) electrons. The molecule has 0 aliphatic rings. The second-order valence-corrected chi connectivity index (χ2v) is 5.12. The summed E-state index contributed by atoms with van der Waals surface area (Å²) in [5, 5.41) is 3.20. The minimum Gasteiger partial charge on any atom is -0.339 e. The molecule has 2 rings (SSSR count). The number of halogens is 1. The molecule has 18 heavy (non-hydrogen) atoms. The van der Waals surface area contributed by atoms with E-state index in [4.69, 9.17) is 5.84 Å². The Morgan fingerprint density at radius 2 is 2.00 bits per heavy atom. The van der Waals surface area contributed by atoms with E-state index in [1.165, 1.54) is 4.90 Å². The van der Waals surface area contributed by atoms with Gasteiger partial charge in [0.2, 0.25) is 5.95 Å². The zero-order chi connectivity index (χ0) is 13.0. The summed E-state index contributed by atoms with van der Waals surface area (Å²) in [5.41, 5.74) is 3.37. The van der Waals surface area contributed by atoms with E-state index in [9.17, 15) is 0 Å². The normalized spacial score (nSPS) is 10.2. The van der Waals surface area contributed by atoms with Crippen LogP contribution in [-0.4, -0.2) is 16.2 Å². The molecule has 2 aromatic rings. The molecule has 0 spiro atoms. The summed E-state index contributed by atoms with van der Waals surface area (Å²) in [7, 11) is 0. The van der Waals surface area contributed by atoms with Crippen LogP contribution in [0.2, 0.25) is 0 Å². The highest BCUT2D eigenvalue weighted by Crippen LogP contribution is 2.25. The largest absolute Gasteiger partial charge is 0.339 e. The number of rotatable bonds is 4. The molecule has 0 amide bonds. The molecular weight excluding hydrogens is 314 g/mol. The van der Waals surface area contributed by atoms with E-state index in [-0.39, 0.29) is 0 Å². The zero-order valence-electron chi connectivity index (χ0n) is 9.64. The number of thioether (sulfide) groups is 1. The molecule has 1 heterocycles. The van der Waals surface area contributed by atoms with Gasteiger partial charge in [0, 0.05) is 16.8 Å². The minimum absolute atomic E-state index is 0.362. The third-order valence-corrected chi connectivity index (χ3v) is 3.55. The standard InChI is InChI=1S/C11H12BrN5S/c1-18-8-4-2-7(3-5-8)15-10-9(12)6-14-11(16-10)17-13/h2-6H,13H2,1H3,(H2,14,15,16,17). The second-order valence-electron chi connectivity index (χ2n) is 3.39. The van der Waals surface area contributed by atoms with Gasteiger partial charge in [-0.3, -0.25) is 5.43 Å². The Bertz CT molecular complexity index is 531. The first-order valence-electron chi connectivity index (χ1n) is 5.13. The monoisotopic (exact) mass is 325 g/mol. The van der Waals surface area contributed by atoms with Crippen LogP contribution in [-0.2, 0) is 0 Å². The van der Waals surface area contributed by atoms with Crippen LogP contribution in [0.15, 0.2) is 39.8 Å². The van der Waals surface area contributed by atoms with Gasteiger partial charge in [-0.05, 0) is 46.5 Å². The first-order chi connectivity index (χ1) is 8.72. The number of nitrogens with two attached hydrogens (primary N) is 1. The van der Waals surface area contributed by atoms with Crippen LogP contribution in [0.3, 0.4) is 0 Å². The van der Waals surface area contributed by atoms with Crippen LogP contribution < -0.4 is 16.6 Å².